The first-order chi connectivity index (χ1) is 2.00. The standard InChI is InChI=1S/Cr.2FH.3H2O.2O/h;2*1H;3*1H2;;/q+2;;;;;;;/p-2. The van der Waals surface area contributed by atoms with Crippen molar-refractivity contribution in [1.29, 1.82) is 0 Å². The van der Waals surface area contributed by atoms with Crippen LogP contribution in [0.3, 0.4) is 0 Å². The van der Waals surface area contributed by atoms with Crippen LogP contribution in [0.2, 0.25) is 0 Å². The molecule has 0 saturated heterocycles. The minimum atomic E-state index is -6.25. The van der Waals surface area contributed by atoms with Crippen molar-refractivity contribution in [3.63, 3.8) is 0 Å². The van der Waals surface area contributed by atoms with Crippen LogP contribution >= 0.6 is 0 Å². The van der Waals surface area contributed by atoms with Crippen molar-refractivity contribution in [3.8, 4) is 0 Å². The molecule has 8 heavy (non-hydrogen) atoms. The molecule has 0 aliphatic rings. The van der Waals surface area contributed by atoms with Gasteiger partial charge in [-0.25, -0.2) is 0 Å². The molecule has 56 valence electrons. The van der Waals surface area contributed by atoms with Crippen LogP contribution in [0, 0.1) is 0 Å². The number of hydrogen-bond donors (Lipinski definition) is 0. The molecule has 0 rings (SSSR count). The summed E-state index contributed by atoms with van der Waals surface area (Å²) in [6.07, 6.45) is 0. The molecule has 6 N–H and O–H groups in total. The van der Waals surface area contributed by atoms with Gasteiger partial charge in [-0.2, -0.15) is 0 Å². The van der Waals surface area contributed by atoms with Gasteiger partial charge in [0.25, 0.3) is 0 Å². The molecule has 0 unspecified atom stereocenters. The third kappa shape index (κ3) is 8570. The van der Waals surface area contributed by atoms with Crippen molar-refractivity contribution in [2.24, 2.45) is 0 Å². The Kier molecular flexibility index (Phi) is 21.3. The number of halogens is 2. The van der Waals surface area contributed by atoms with Gasteiger partial charge >= 0.3 is 28.5 Å². The molecule has 0 aliphatic heterocycles. The van der Waals surface area contributed by atoms with Gasteiger partial charge in [-0.1, -0.05) is 0 Å². The monoisotopic (exact) mass is 176 g/mol. The normalized spacial score (nSPS) is 7.25. The topological polar surface area (TPSA) is 129 Å². The predicted octanol–water partition coefficient (Wildman–Crippen LogP) is -1.87. The Morgan fingerprint density at radius 2 is 0.875 bits per heavy atom. The van der Waals surface area contributed by atoms with E-state index in [1.165, 1.54) is 0 Å². The van der Waals surface area contributed by atoms with Gasteiger partial charge in [0, 0.05) is 0 Å². The van der Waals surface area contributed by atoms with Crippen molar-refractivity contribution < 1.29 is 44.9 Å². The summed E-state index contributed by atoms with van der Waals surface area (Å²) in [6, 6.07) is 0. The summed E-state index contributed by atoms with van der Waals surface area (Å²) < 4.78 is 36.9. The molecular formula is H6CrF2O5. The van der Waals surface area contributed by atoms with Crippen LogP contribution in [0.25, 0.3) is 0 Å². The Morgan fingerprint density at radius 3 is 0.875 bits per heavy atom. The van der Waals surface area contributed by atoms with E-state index >= 15 is 0 Å². The SMILES string of the molecule is O.O.O.[O]=[Cr](=[O])([F])[F]. The summed E-state index contributed by atoms with van der Waals surface area (Å²) >= 11 is -6.25. The molecule has 0 spiro atoms. The average molecular weight is 176 g/mol. The first-order valence-corrected chi connectivity index (χ1v) is 2.65. The molecule has 0 saturated carbocycles. The zero-order valence-corrected chi connectivity index (χ0v) is 4.76. The van der Waals surface area contributed by atoms with E-state index in [0.29, 0.717) is 0 Å². The summed E-state index contributed by atoms with van der Waals surface area (Å²) in [4.78, 5) is 0. The Morgan fingerprint density at radius 1 is 0.875 bits per heavy atom. The van der Waals surface area contributed by atoms with E-state index < -0.39 is 13.9 Å². The van der Waals surface area contributed by atoms with Gasteiger partial charge in [-0.15, -0.1) is 0 Å². The molecule has 8 heteroatoms. The first kappa shape index (κ1) is 24.8. The Balaban J connectivity index is -0.0000000267. The fourth-order valence-corrected chi connectivity index (χ4v) is 0. The van der Waals surface area contributed by atoms with Crippen LogP contribution in [0.5, 0.6) is 0 Å². The fourth-order valence-electron chi connectivity index (χ4n) is 0. The summed E-state index contributed by atoms with van der Waals surface area (Å²) in [5, 5.41) is 0. The van der Waals surface area contributed by atoms with Gasteiger partial charge in [-0.05, 0) is 0 Å². The molecule has 0 aromatic heterocycles. The molecule has 0 radical (unpaired) electrons. The second kappa shape index (κ2) is 6.87. The Hall–Kier alpha value is -0.128. The molecule has 0 bridgehead atoms. The van der Waals surface area contributed by atoms with Crippen molar-refractivity contribution >= 4 is 0 Å². The molecule has 0 fully saturated rings. The average Bonchev–Trinajstić information content (AvgIpc) is 0.722. The molecule has 0 amide bonds. The predicted molar refractivity (Wildman–Crippen MR) is 14.4 cm³/mol. The van der Waals surface area contributed by atoms with Crippen LogP contribution in [-0.2, 0) is 21.5 Å². The molecule has 0 aromatic rings. The second-order valence-corrected chi connectivity index (χ2v) is 1.56. The van der Waals surface area contributed by atoms with E-state index in [0.717, 1.165) is 0 Å². The van der Waals surface area contributed by atoms with Crippen LogP contribution < -0.4 is 0 Å². The molecule has 0 aliphatic carbocycles. The van der Waals surface area contributed by atoms with Crippen molar-refractivity contribution in [3.05, 3.63) is 0 Å². The summed E-state index contributed by atoms with van der Waals surface area (Å²) in [5.41, 5.74) is 0. The summed E-state index contributed by atoms with van der Waals surface area (Å²) in [7, 11) is 0. The van der Waals surface area contributed by atoms with Gasteiger partial charge in [0.1, 0.15) is 0 Å². The van der Waals surface area contributed by atoms with E-state index in [1.807, 2.05) is 0 Å². The third-order valence-corrected chi connectivity index (χ3v) is 0. The quantitative estimate of drug-likeness (QED) is 0.428. The van der Waals surface area contributed by atoms with Gasteiger partial charge in [0.15, 0.2) is 0 Å². The zero-order chi connectivity index (χ0) is 4.50. The van der Waals surface area contributed by atoms with Gasteiger partial charge in [0.05, 0.1) is 0 Å². The molecule has 0 heterocycles. The van der Waals surface area contributed by atoms with Gasteiger partial charge in [-0.3, -0.25) is 0 Å². The fraction of sp³-hybridized carbons (Fsp3) is 0. The third-order valence-electron chi connectivity index (χ3n) is 0. The minimum absolute atomic E-state index is 0. The number of hydrogen-bond acceptors (Lipinski definition) is 2. The molecular weight excluding hydrogens is 170 g/mol. The maximum atomic E-state index is 10.1. The Bertz CT molecular complexity index is 93.6. The van der Waals surface area contributed by atoms with Crippen LogP contribution in [0.1, 0.15) is 0 Å². The molecule has 0 atom stereocenters. The summed E-state index contributed by atoms with van der Waals surface area (Å²) in [6.45, 7) is 0. The zero-order valence-electron chi connectivity index (χ0n) is 3.48. The van der Waals surface area contributed by atoms with Crippen molar-refractivity contribution in [1.82, 2.24) is 0 Å². The maximum absolute atomic E-state index is 10.1. The first-order valence-electron chi connectivity index (χ1n) is 0.642. The van der Waals surface area contributed by atoms with E-state index in [9.17, 15) is 7.05 Å². The van der Waals surface area contributed by atoms with Gasteiger partial charge in [0.2, 0.25) is 0 Å². The van der Waals surface area contributed by atoms with E-state index in [1.54, 1.807) is 0 Å². The van der Waals surface area contributed by atoms with Crippen LogP contribution in [-0.4, -0.2) is 16.4 Å². The van der Waals surface area contributed by atoms with E-state index in [-0.39, 0.29) is 16.4 Å². The van der Waals surface area contributed by atoms with E-state index in [4.69, 9.17) is 7.61 Å². The summed E-state index contributed by atoms with van der Waals surface area (Å²) in [5.74, 6) is 0. The van der Waals surface area contributed by atoms with Crippen LogP contribution in [0.15, 0.2) is 0 Å². The van der Waals surface area contributed by atoms with Gasteiger partial charge < -0.3 is 16.4 Å². The molecule has 5 nitrogen and oxygen atoms in total. The van der Waals surface area contributed by atoms with Crippen molar-refractivity contribution in [2.45, 2.75) is 0 Å². The Labute approximate surface area is 45.9 Å². The van der Waals surface area contributed by atoms with Crippen molar-refractivity contribution in [2.75, 3.05) is 0 Å². The number of rotatable bonds is 0. The van der Waals surface area contributed by atoms with E-state index in [2.05, 4.69) is 0 Å². The second-order valence-electron chi connectivity index (χ2n) is 0.378. The van der Waals surface area contributed by atoms with Crippen LogP contribution in [0.4, 0.5) is 7.05 Å². The molecule has 0 aromatic carbocycles.